The van der Waals surface area contributed by atoms with Gasteiger partial charge < -0.3 is 10.6 Å². The molecule has 140 valence electrons. The lowest BCUT2D eigenvalue weighted by atomic mass is 10.2. The summed E-state index contributed by atoms with van der Waals surface area (Å²) < 4.78 is 14.2. The van der Waals surface area contributed by atoms with Gasteiger partial charge in [-0.05, 0) is 36.4 Å². The zero-order valence-corrected chi connectivity index (χ0v) is 14.6. The van der Waals surface area contributed by atoms with Gasteiger partial charge in [0.05, 0.1) is 6.20 Å². The Kier molecular flexibility index (Phi) is 5.72. The van der Waals surface area contributed by atoms with Crippen LogP contribution in [0.2, 0.25) is 0 Å². The molecule has 3 aromatic rings. The van der Waals surface area contributed by atoms with E-state index in [9.17, 15) is 19.2 Å². The summed E-state index contributed by atoms with van der Waals surface area (Å²) in [5, 5.41) is 18.5. The first-order valence-electron chi connectivity index (χ1n) is 8.31. The van der Waals surface area contributed by atoms with Gasteiger partial charge in [0.25, 0.3) is 0 Å². The summed E-state index contributed by atoms with van der Waals surface area (Å²) in [4.78, 5) is 28.3. The summed E-state index contributed by atoms with van der Waals surface area (Å²) in [5.74, 6) is -0.627. The van der Waals surface area contributed by atoms with Crippen molar-refractivity contribution in [2.45, 2.75) is 12.8 Å². The molecule has 0 aliphatic heterocycles. The lowest BCUT2D eigenvalue weighted by Crippen LogP contribution is -2.19. The fraction of sp³-hybridized carbons (Fsp3) is 0.105. The van der Waals surface area contributed by atoms with E-state index in [2.05, 4.69) is 20.7 Å². The topological polar surface area (TPSA) is 113 Å². The molecule has 0 fully saturated rings. The van der Waals surface area contributed by atoms with Gasteiger partial charge in [0.15, 0.2) is 11.6 Å². The number of carbonyl (C=O) groups is 2. The molecule has 0 atom stereocenters. The van der Waals surface area contributed by atoms with Crippen LogP contribution in [0.3, 0.4) is 0 Å². The lowest BCUT2D eigenvalue weighted by molar-refractivity contribution is -0.121. The Bertz CT molecular complexity index is 1020. The highest BCUT2D eigenvalue weighted by Gasteiger charge is 2.16. The number of nitrogens with one attached hydrogen (secondary N) is 2. The fourth-order valence-corrected chi connectivity index (χ4v) is 2.38. The van der Waals surface area contributed by atoms with Gasteiger partial charge in [0.2, 0.25) is 11.8 Å². The molecule has 2 amide bonds. The monoisotopic (exact) mass is 378 g/mol. The third-order valence-electron chi connectivity index (χ3n) is 3.72. The molecule has 2 heterocycles. The highest BCUT2D eigenvalue weighted by molar-refractivity contribution is 5.97. The number of carbonyl (C=O) groups excluding carboxylic acids is 2. The van der Waals surface area contributed by atoms with E-state index in [0.29, 0.717) is 11.5 Å². The van der Waals surface area contributed by atoms with Crippen LogP contribution < -0.4 is 10.6 Å². The number of rotatable bonds is 6. The second-order valence-corrected chi connectivity index (χ2v) is 5.72. The molecule has 0 saturated heterocycles. The highest BCUT2D eigenvalue weighted by atomic mass is 19.1. The van der Waals surface area contributed by atoms with E-state index in [0.717, 1.165) is 0 Å². The summed E-state index contributed by atoms with van der Waals surface area (Å²) in [6, 6.07) is 12.4. The Labute approximate surface area is 159 Å². The number of hydrogen-bond donors (Lipinski definition) is 2. The average molecular weight is 378 g/mol. The van der Waals surface area contributed by atoms with Crippen molar-refractivity contribution in [3.63, 3.8) is 0 Å². The summed E-state index contributed by atoms with van der Waals surface area (Å²) >= 11 is 0. The number of anilines is 2. The number of pyridine rings is 1. The van der Waals surface area contributed by atoms with Crippen LogP contribution in [0.1, 0.15) is 18.4 Å². The van der Waals surface area contributed by atoms with Gasteiger partial charge in [-0.15, -0.1) is 0 Å². The molecular formula is C19H15FN6O2. The maximum atomic E-state index is 12.9. The summed E-state index contributed by atoms with van der Waals surface area (Å²) in [7, 11) is 0. The quantitative estimate of drug-likeness (QED) is 0.685. The van der Waals surface area contributed by atoms with E-state index in [1.165, 1.54) is 35.1 Å². The predicted octanol–water partition coefficient (Wildman–Crippen LogP) is 2.64. The summed E-state index contributed by atoms with van der Waals surface area (Å²) in [6.45, 7) is 0. The number of benzene rings is 1. The first-order chi connectivity index (χ1) is 13.6. The summed E-state index contributed by atoms with van der Waals surface area (Å²) in [5.41, 5.74) is 0.613. The van der Waals surface area contributed by atoms with E-state index in [-0.39, 0.29) is 30.1 Å². The maximum Gasteiger partial charge on any atom is 0.226 e. The molecule has 0 radical (unpaired) electrons. The normalized spacial score (nSPS) is 10.1. The van der Waals surface area contributed by atoms with Crippen LogP contribution in [0.5, 0.6) is 0 Å². The molecular weight excluding hydrogens is 363 g/mol. The first-order valence-corrected chi connectivity index (χ1v) is 8.31. The zero-order chi connectivity index (χ0) is 19.9. The molecule has 1 aromatic carbocycles. The van der Waals surface area contributed by atoms with E-state index < -0.39 is 11.7 Å². The molecule has 0 bridgehead atoms. The largest absolute Gasteiger partial charge is 0.326 e. The molecule has 8 nitrogen and oxygen atoms in total. The molecule has 9 heteroatoms. The van der Waals surface area contributed by atoms with Gasteiger partial charge in [-0.2, -0.15) is 15.0 Å². The van der Waals surface area contributed by atoms with Crippen molar-refractivity contribution in [2.24, 2.45) is 0 Å². The van der Waals surface area contributed by atoms with Crippen LogP contribution in [0.15, 0.2) is 54.9 Å². The standard InChI is InChI=1S/C19H15FN6O2/c20-14-4-6-15(7-5-14)24-17(27)8-9-18(28)25-19-13(11-21)12-23-26(19)16-3-1-2-10-22-16/h1-7,10,12H,8-9H2,(H,24,27)(H,25,28). The molecule has 28 heavy (non-hydrogen) atoms. The molecule has 0 saturated carbocycles. The Hall–Kier alpha value is -4.06. The van der Waals surface area contributed by atoms with Gasteiger partial charge in [0, 0.05) is 24.7 Å². The molecule has 2 aromatic heterocycles. The van der Waals surface area contributed by atoms with Crippen LogP contribution in [0.4, 0.5) is 15.9 Å². The minimum atomic E-state index is -0.455. The SMILES string of the molecule is N#Cc1cnn(-c2ccccn2)c1NC(=O)CCC(=O)Nc1ccc(F)cc1. The number of halogens is 1. The number of amides is 2. The molecule has 0 aliphatic carbocycles. The van der Waals surface area contributed by atoms with Crippen LogP contribution in [-0.2, 0) is 9.59 Å². The highest BCUT2D eigenvalue weighted by Crippen LogP contribution is 2.18. The first kappa shape index (κ1) is 18.7. The third kappa shape index (κ3) is 4.56. The molecule has 3 rings (SSSR count). The van der Waals surface area contributed by atoms with Gasteiger partial charge in [-0.25, -0.2) is 9.37 Å². The summed E-state index contributed by atoms with van der Waals surface area (Å²) in [6.07, 6.45) is 2.70. The molecule has 0 aliphatic rings. The third-order valence-corrected chi connectivity index (χ3v) is 3.72. The van der Waals surface area contributed by atoms with Crippen LogP contribution in [-0.4, -0.2) is 26.6 Å². The molecule has 0 unspecified atom stereocenters. The van der Waals surface area contributed by atoms with Gasteiger partial charge in [-0.3, -0.25) is 9.59 Å². The second kappa shape index (κ2) is 8.55. The Morgan fingerprint density at radius 2 is 1.79 bits per heavy atom. The molecule has 2 N–H and O–H groups in total. The van der Waals surface area contributed by atoms with Crippen molar-refractivity contribution in [1.82, 2.24) is 14.8 Å². The van der Waals surface area contributed by atoms with Crippen molar-refractivity contribution in [3.05, 3.63) is 66.2 Å². The maximum absolute atomic E-state index is 12.9. The minimum absolute atomic E-state index is 0.0805. The Morgan fingerprint density at radius 1 is 1.07 bits per heavy atom. The van der Waals surface area contributed by atoms with Crippen molar-refractivity contribution >= 4 is 23.3 Å². The Morgan fingerprint density at radius 3 is 2.43 bits per heavy atom. The molecule has 0 spiro atoms. The van der Waals surface area contributed by atoms with Crippen LogP contribution in [0, 0.1) is 17.1 Å². The predicted molar refractivity (Wildman–Crippen MR) is 99.0 cm³/mol. The van der Waals surface area contributed by atoms with E-state index in [1.807, 2.05) is 6.07 Å². The van der Waals surface area contributed by atoms with Crippen LogP contribution in [0.25, 0.3) is 5.82 Å². The van der Waals surface area contributed by atoms with E-state index >= 15 is 0 Å². The fourth-order valence-electron chi connectivity index (χ4n) is 2.38. The van der Waals surface area contributed by atoms with E-state index in [4.69, 9.17) is 0 Å². The van der Waals surface area contributed by atoms with Crippen molar-refractivity contribution in [3.8, 4) is 11.9 Å². The second-order valence-electron chi connectivity index (χ2n) is 5.72. The zero-order valence-electron chi connectivity index (χ0n) is 14.6. The smallest absolute Gasteiger partial charge is 0.226 e. The number of nitriles is 1. The van der Waals surface area contributed by atoms with Crippen molar-refractivity contribution < 1.29 is 14.0 Å². The van der Waals surface area contributed by atoms with Gasteiger partial charge in [-0.1, -0.05) is 6.07 Å². The van der Waals surface area contributed by atoms with Gasteiger partial charge in [0.1, 0.15) is 17.4 Å². The number of aromatic nitrogens is 3. The van der Waals surface area contributed by atoms with Crippen molar-refractivity contribution in [2.75, 3.05) is 10.6 Å². The average Bonchev–Trinajstić information content (AvgIpc) is 3.11. The Balaban J connectivity index is 1.62. The lowest BCUT2D eigenvalue weighted by Gasteiger charge is -2.09. The van der Waals surface area contributed by atoms with Crippen LogP contribution >= 0.6 is 0 Å². The number of hydrogen-bond acceptors (Lipinski definition) is 5. The van der Waals surface area contributed by atoms with E-state index in [1.54, 1.807) is 24.4 Å². The van der Waals surface area contributed by atoms with Crippen molar-refractivity contribution in [1.29, 1.82) is 5.26 Å². The number of nitrogens with zero attached hydrogens (tertiary/aromatic N) is 4. The van der Waals surface area contributed by atoms with Gasteiger partial charge >= 0.3 is 0 Å². The minimum Gasteiger partial charge on any atom is -0.326 e.